The van der Waals surface area contributed by atoms with Gasteiger partial charge < -0.3 is 10.6 Å². The molecule has 0 radical (unpaired) electrons. The number of amides is 1. The van der Waals surface area contributed by atoms with Crippen LogP contribution in [0.3, 0.4) is 0 Å². The summed E-state index contributed by atoms with van der Waals surface area (Å²) in [7, 11) is 0. The minimum atomic E-state index is -0.0207. The molecule has 1 aromatic heterocycles. The van der Waals surface area contributed by atoms with E-state index in [1.54, 1.807) is 0 Å². The Balaban J connectivity index is 1.46. The van der Waals surface area contributed by atoms with Crippen LogP contribution >= 0.6 is 0 Å². The molecule has 3 rings (SSSR count). The maximum absolute atomic E-state index is 12.1. The maximum Gasteiger partial charge on any atom is 0.234 e. The van der Waals surface area contributed by atoms with E-state index in [0.29, 0.717) is 13.1 Å². The summed E-state index contributed by atoms with van der Waals surface area (Å²) in [6.45, 7) is 5.78. The van der Waals surface area contributed by atoms with Gasteiger partial charge in [-0.1, -0.05) is 36.4 Å². The molecule has 0 unspecified atom stereocenters. The Morgan fingerprint density at radius 1 is 1.20 bits per heavy atom. The first-order chi connectivity index (χ1) is 12.1. The van der Waals surface area contributed by atoms with Crippen LogP contribution in [0.15, 0.2) is 54.9 Å². The van der Waals surface area contributed by atoms with E-state index >= 15 is 0 Å². The molecule has 1 amide bonds. The van der Waals surface area contributed by atoms with Crippen LogP contribution in [-0.4, -0.2) is 28.8 Å². The van der Waals surface area contributed by atoms with E-state index in [1.165, 1.54) is 10.8 Å². The van der Waals surface area contributed by atoms with Gasteiger partial charge in [0.1, 0.15) is 0 Å². The third-order valence-corrected chi connectivity index (χ3v) is 4.22. The number of carbonyl (C=O) groups is 1. The van der Waals surface area contributed by atoms with E-state index in [2.05, 4.69) is 46.1 Å². The highest BCUT2D eigenvalue weighted by Gasteiger charge is 2.09. The van der Waals surface area contributed by atoms with Crippen LogP contribution in [0, 0.1) is 6.92 Å². The number of fused-ring (bicyclic) bond motifs is 1. The van der Waals surface area contributed by atoms with Crippen LogP contribution in [-0.2, 0) is 11.3 Å². The Hall–Kier alpha value is -2.66. The molecule has 25 heavy (non-hydrogen) atoms. The molecular formula is C20H24N4O. The monoisotopic (exact) mass is 336 g/mol. The van der Waals surface area contributed by atoms with Crippen molar-refractivity contribution in [3.8, 4) is 0 Å². The molecule has 2 aromatic carbocycles. The molecule has 5 heteroatoms. The Labute approximate surface area is 148 Å². The lowest BCUT2D eigenvalue weighted by Crippen LogP contribution is -2.36. The van der Waals surface area contributed by atoms with Crippen molar-refractivity contribution < 1.29 is 4.79 Å². The average molecular weight is 336 g/mol. The van der Waals surface area contributed by atoms with Gasteiger partial charge in [0.05, 0.1) is 25.3 Å². The number of aryl methyl sites for hydroxylation is 1. The quantitative estimate of drug-likeness (QED) is 0.652. The van der Waals surface area contributed by atoms with Crippen molar-refractivity contribution in [2.75, 3.05) is 13.1 Å². The Kier molecular flexibility index (Phi) is 5.46. The third-order valence-electron chi connectivity index (χ3n) is 4.22. The molecular weight excluding hydrogens is 312 g/mol. The van der Waals surface area contributed by atoms with Crippen molar-refractivity contribution in [3.05, 3.63) is 66.0 Å². The Morgan fingerprint density at radius 3 is 2.76 bits per heavy atom. The predicted molar refractivity (Wildman–Crippen MR) is 100 cm³/mol. The lowest BCUT2D eigenvalue weighted by molar-refractivity contribution is -0.120. The van der Waals surface area contributed by atoms with E-state index in [0.717, 1.165) is 17.7 Å². The molecule has 0 saturated carbocycles. The minimum Gasteiger partial charge on any atom is -0.348 e. The molecule has 0 aliphatic heterocycles. The Morgan fingerprint density at radius 2 is 2.00 bits per heavy atom. The fraction of sp³-hybridized carbons (Fsp3) is 0.300. The molecule has 130 valence electrons. The van der Waals surface area contributed by atoms with Crippen LogP contribution in [0.2, 0.25) is 0 Å². The summed E-state index contributed by atoms with van der Waals surface area (Å²) in [5.41, 5.74) is 2.25. The van der Waals surface area contributed by atoms with Gasteiger partial charge in [-0.15, -0.1) is 0 Å². The number of rotatable bonds is 7. The van der Waals surface area contributed by atoms with Crippen molar-refractivity contribution in [1.29, 1.82) is 0 Å². The fourth-order valence-electron chi connectivity index (χ4n) is 2.84. The normalized spacial score (nSPS) is 12.2. The van der Waals surface area contributed by atoms with Gasteiger partial charge in [0, 0.05) is 12.7 Å². The molecule has 0 aliphatic rings. The highest BCUT2D eigenvalue weighted by atomic mass is 16.1. The van der Waals surface area contributed by atoms with Gasteiger partial charge in [-0.2, -0.15) is 5.10 Å². The zero-order valence-electron chi connectivity index (χ0n) is 14.7. The van der Waals surface area contributed by atoms with Gasteiger partial charge >= 0.3 is 0 Å². The van der Waals surface area contributed by atoms with Crippen molar-refractivity contribution in [2.24, 2.45) is 0 Å². The molecule has 0 fully saturated rings. The second-order valence-corrected chi connectivity index (χ2v) is 6.35. The molecule has 0 bridgehead atoms. The summed E-state index contributed by atoms with van der Waals surface area (Å²) in [4.78, 5) is 12.1. The first-order valence-corrected chi connectivity index (χ1v) is 8.59. The topological polar surface area (TPSA) is 59.0 Å². The molecule has 1 atom stereocenters. The van der Waals surface area contributed by atoms with E-state index < -0.39 is 0 Å². The number of hydrogen-bond donors (Lipinski definition) is 2. The van der Waals surface area contributed by atoms with Crippen LogP contribution < -0.4 is 10.6 Å². The number of nitrogens with zero attached hydrogens (tertiary/aromatic N) is 2. The highest BCUT2D eigenvalue weighted by Crippen LogP contribution is 2.20. The van der Waals surface area contributed by atoms with Crippen LogP contribution in [0.1, 0.15) is 24.1 Å². The van der Waals surface area contributed by atoms with Gasteiger partial charge in [-0.05, 0) is 41.8 Å². The summed E-state index contributed by atoms with van der Waals surface area (Å²) in [6.07, 6.45) is 3.82. The number of aromatic nitrogens is 2. The zero-order chi connectivity index (χ0) is 17.6. The maximum atomic E-state index is 12.1. The predicted octanol–water partition coefficient (Wildman–Crippen LogP) is 2.81. The number of carbonyl (C=O) groups excluding carboxylic acids is 1. The fourth-order valence-corrected chi connectivity index (χ4v) is 2.84. The molecule has 0 spiro atoms. The molecule has 2 N–H and O–H groups in total. The highest BCUT2D eigenvalue weighted by molar-refractivity contribution is 5.83. The molecule has 5 nitrogen and oxygen atoms in total. The van der Waals surface area contributed by atoms with Crippen molar-refractivity contribution in [3.63, 3.8) is 0 Å². The molecule has 0 aliphatic carbocycles. The van der Waals surface area contributed by atoms with Gasteiger partial charge in [-0.25, -0.2) is 0 Å². The van der Waals surface area contributed by atoms with Crippen molar-refractivity contribution >= 4 is 16.7 Å². The van der Waals surface area contributed by atoms with Crippen molar-refractivity contribution in [1.82, 2.24) is 20.4 Å². The molecule has 3 aromatic rings. The number of benzene rings is 2. The smallest absolute Gasteiger partial charge is 0.234 e. The first kappa shape index (κ1) is 17.2. The lowest BCUT2D eigenvalue weighted by atomic mass is 10.0. The summed E-state index contributed by atoms with van der Waals surface area (Å²) < 4.78 is 1.87. The van der Waals surface area contributed by atoms with Gasteiger partial charge in [0.15, 0.2) is 0 Å². The summed E-state index contributed by atoms with van der Waals surface area (Å²) in [5.74, 6) is -0.00250. The minimum absolute atomic E-state index is 0.00250. The standard InChI is InChI=1S/C20H24N4O/c1-15-12-22-24(14-15)10-9-21-13-20(25)23-16(2)18-8-7-17-5-3-4-6-19(17)11-18/h3-8,11-12,14,16,21H,9-10,13H2,1-2H3,(H,23,25)/t16-/m0/s1. The Bertz CT molecular complexity index is 856. The largest absolute Gasteiger partial charge is 0.348 e. The zero-order valence-corrected chi connectivity index (χ0v) is 14.7. The molecule has 0 saturated heterocycles. The van der Waals surface area contributed by atoms with Crippen LogP contribution in [0.4, 0.5) is 0 Å². The summed E-state index contributed by atoms with van der Waals surface area (Å²) >= 11 is 0. The number of nitrogens with one attached hydrogen (secondary N) is 2. The second-order valence-electron chi connectivity index (χ2n) is 6.35. The molecule has 1 heterocycles. The first-order valence-electron chi connectivity index (χ1n) is 8.59. The van der Waals surface area contributed by atoms with Gasteiger partial charge in [0.2, 0.25) is 5.91 Å². The number of hydrogen-bond acceptors (Lipinski definition) is 3. The summed E-state index contributed by atoms with van der Waals surface area (Å²) in [6, 6.07) is 14.5. The van der Waals surface area contributed by atoms with E-state index in [4.69, 9.17) is 0 Å². The van der Waals surface area contributed by atoms with Crippen molar-refractivity contribution in [2.45, 2.75) is 26.4 Å². The third kappa shape index (κ3) is 4.67. The summed E-state index contributed by atoms with van der Waals surface area (Å²) in [5, 5.41) is 12.8. The van der Waals surface area contributed by atoms with E-state index in [1.807, 2.05) is 43.1 Å². The van der Waals surface area contributed by atoms with E-state index in [-0.39, 0.29) is 11.9 Å². The van der Waals surface area contributed by atoms with Crippen LogP contribution in [0.25, 0.3) is 10.8 Å². The SMILES string of the molecule is Cc1cnn(CCNCC(=O)N[C@@H](C)c2ccc3ccccc3c2)c1. The lowest BCUT2D eigenvalue weighted by Gasteiger charge is -2.15. The van der Waals surface area contributed by atoms with Gasteiger partial charge in [0.25, 0.3) is 0 Å². The average Bonchev–Trinajstić information content (AvgIpc) is 3.03. The van der Waals surface area contributed by atoms with Crippen LogP contribution in [0.5, 0.6) is 0 Å². The van der Waals surface area contributed by atoms with Gasteiger partial charge in [-0.3, -0.25) is 9.48 Å². The van der Waals surface area contributed by atoms with E-state index in [9.17, 15) is 4.79 Å². The second kappa shape index (κ2) is 7.94.